The number of carbonyl (C=O) groups excluding carboxylic acids is 1. The molecule has 0 aliphatic carbocycles. The molecule has 1 aromatic heterocycles. The predicted octanol–water partition coefficient (Wildman–Crippen LogP) is 5.07. The van der Waals surface area contributed by atoms with Crippen molar-refractivity contribution in [3.8, 4) is 5.75 Å². The van der Waals surface area contributed by atoms with E-state index in [2.05, 4.69) is 44.8 Å². The summed E-state index contributed by atoms with van der Waals surface area (Å²) in [7, 11) is 0. The lowest BCUT2D eigenvalue weighted by molar-refractivity contribution is -0.118. The van der Waals surface area contributed by atoms with E-state index in [1.807, 2.05) is 62.4 Å². The first kappa shape index (κ1) is 22.5. The SMILES string of the molecule is Cc1cc(C)nc(SCC(=O)N/N=C\c2ccc(OCc3cccc4ccccc34)cc2)n1. The molecule has 6 nitrogen and oxygen atoms in total. The quantitative estimate of drug-likeness (QED) is 0.173. The van der Waals surface area contributed by atoms with Gasteiger partial charge < -0.3 is 4.74 Å². The Balaban J connectivity index is 1.26. The Hall–Kier alpha value is -3.71. The molecule has 0 atom stereocenters. The number of hydrazone groups is 1. The van der Waals surface area contributed by atoms with Gasteiger partial charge in [-0.05, 0) is 66.1 Å². The Bertz CT molecular complexity index is 1260. The molecule has 166 valence electrons. The smallest absolute Gasteiger partial charge is 0.250 e. The van der Waals surface area contributed by atoms with Crippen LogP contribution in [-0.4, -0.2) is 27.8 Å². The number of hydrogen-bond acceptors (Lipinski definition) is 6. The molecule has 4 aromatic rings. The zero-order valence-electron chi connectivity index (χ0n) is 18.5. The van der Waals surface area contributed by atoms with Crippen LogP contribution in [0.25, 0.3) is 10.8 Å². The number of aryl methyl sites for hydroxylation is 2. The monoisotopic (exact) mass is 456 g/mol. The maximum absolute atomic E-state index is 12.0. The Morgan fingerprint density at radius 2 is 1.73 bits per heavy atom. The van der Waals surface area contributed by atoms with Gasteiger partial charge in [-0.25, -0.2) is 15.4 Å². The fraction of sp³-hybridized carbons (Fsp3) is 0.154. The predicted molar refractivity (Wildman–Crippen MR) is 133 cm³/mol. The molecule has 1 N–H and O–H groups in total. The van der Waals surface area contributed by atoms with Crippen LogP contribution in [0.3, 0.4) is 0 Å². The molecule has 7 heteroatoms. The molecule has 0 aliphatic heterocycles. The molecule has 1 amide bonds. The number of rotatable bonds is 8. The summed E-state index contributed by atoms with van der Waals surface area (Å²) in [6, 6.07) is 24.0. The fourth-order valence-electron chi connectivity index (χ4n) is 3.33. The number of benzene rings is 3. The van der Waals surface area contributed by atoms with Gasteiger partial charge in [0.15, 0.2) is 5.16 Å². The second-order valence-corrected chi connectivity index (χ2v) is 8.45. The second-order valence-electron chi connectivity index (χ2n) is 7.51. The molecular formula is C26H24N4O2S. The van der Waals surface area contributed by atoms with Crippen LogP contribution < -0.4 is 10.2 Å². The summed E-state index contributed by atoms with van der Waals surface area (Å²) < 4.78 is 5.96. The highest BCUT2D eigenvalue weighted by Crippen LogP contribution is 2.21. The minimum Gasteiger partial charge on any atom is -0.489 e. The Labute approximate surface area is 197 Å². The van der Waals surface area contributed by atoms with Crippen molar-refractivity contribution in [3.63, 3.8) is 0 Å². The van der Waals surface area contributed by atoms with Gasteiger partial charge in [-0.3, -0.25) is 4.79 Å². The van der Waals surface area contributed by atoms with Gasteiger partial charge >= 0.3 is 0 Å². The van der Waals surface area contributed by atoms with Gasteiger partial charge in [0.2, 0.25) is 0 Å². The Morgan fingerprint density at radius 1 is 1.00 bits per heavy atom. The van der Waals surface area contributed by atoms with Gasteiger partial charge in [0.25, 0.3) is 5.91 Å². The molecular weight excluding hydrogens is 432 g/mol. The normalized spacial score (nSPS) is 11.1. The number of amides is 1. The molecule has 0 fully saturated rings. The van der Waals surface area contributed by atoms with Crippen LogP contribution in [0.1, 0.15) is 22.5 Å². The molecule has 4 rings (SSSR count). The van der Waals surface area contributed by atoms with Crippen molar-refractivity contribution in [3.05, 3.63) is 95.3 Å². The van der Waals surface area contributed by atoms with Crippen LogP contribution in [0.2, 0.25) is 0 Å². The molecule has 0 aliphatic rings. The minimum atomic E-state index is -0.214. The number of nitrogens with zero attached hydrogens (tertiary/aromatic N) is 3. The zero-order valence-corrected chi connectivity index (χ0v) is 19.3. The van der Waals surface area contributed by atoms with E-state index < -0.39 is 0 Å². The third-order valence-corrected chi connectivity index (χ3v) is 5.70. The van der Waals surface area contributed by atoms with Gasteiger partial charge in [0, 0.05) is 11.4 Å². The molecule has 0 saturated carbocycles. The summed E-state index contributed by atoms with van der Waals surface area (Å²) >= 11 is 1.28. The van der Waals surface area contributed by atoms with Crippen LogP contribution in [-0.2, 0) is 11.4 Å². The Morgan fingerprint density at radius 3 is 2.52 bits per heavy atom. The molecule has 0 spiro atoms. The maximum atomic E-state index is 12.0. The van der Waals surface area contributed by atoms with Crippen molar-refractivity contribution in [2.45, 2.75) is 25.6 Å². The van der Waals surface area contributed by atoms with Crippen LogP contribution in [0.5, 0.6) is 5.75 Å². The van der Waals surface area contributed by atoms with Gasteiger partial charge in [0.1, 0.15) is 12.4 Å². The lowest BCUT2D eigenvalue weighted by atomic mass is 10.1. The first-order valence-corrected chi connectivity index (χ1v) is 11.5. The molecule has 0 unspecified atom stereocenters. The number of hydrogen-bond donors (Lipinski definition) is 1. The van der Waals surface area contributed by atoms with E-state index >= 15 is 0 Å². The number of carbonyl (C=O) groups is 1. The summed E-state index contributed by atoms with van der Waals surface area (Å²) in [5.74, 6) is 0.754. The van der Waals surface area contributed by atoms with E-state index in [4.69, 9.17) is 4.74 Å². The van der Waals surface area contributed by atoms with Gasteiger partial charge in [-0.15, -0.1) is 0 Å². The zero-order chi connectivity index (χ0) is 23.0. The van der Waals surface area contributed by atoms with Crippen molar-refractivity contribution >= 4 is 34.7 Å². The average Bonchev–Trinajstić information content (AvgIpc) is 2.82. The summed E-state index contributed by atoms with van der Waals surface area (Å²) in [5.41, 5.74) is 6.30. The van der Waals surface area contributed by atoms with E-state index in [-0.39, 0.29) is 11.7 Å². The third-order valence-electron chi connectivity index (χ3n) is 4.85. The summed E-state index contributed by atoms with van der Waals surface area (Å²) in [6.45, 7) is 4.30. The minimum absolute atomic E-state index is 0.196. The molecule has 33 heavy (non-hydrogen) atoms. The first-order valence-electron chi connectivity index (χ1n) is 10.5. The lowest BCUT2D eigenvalue weighted by Gasteiger charge is -2.09. The summed E-state index contributed by atoms with van der Waals surface area (Å²) in [6.07, 6.45) is 1.60. The highest BCUT2D eigenvalue weighted by atomic mass is 32.2. The molecule has 0 radical (unpaired) electrons. The summed E-state index contributed by atoms with van der Waals surface area (Å²) in [4.78, 5) is 20.6. The van der Waals surface area contributed by atoms with E-state index in [0.717, 1.165) is 28.3 Å². The summed E-state index contributed by atoms with van der Waals surface area (Å²) in [5, 5.41) is 7.01. The van der Waals surface area contributed by atoms with Gasteiger partial charge in [-0.1, -0.05) is 54.2 Å². The van der Waals surface area contributed by atoms with Crippen molar-refractivity contribution in [1.82, 2.24) is 15.4 Å². The first-order chi connectivity index (χ1) is 16.1. The van der Waals surface area contributed by atoms with Crippen molar-refractivity contribution in [2.75, 3.05) is 5.75 Å². The van der Waals surface area contributed by atoms with Crippen LogP contribution in [0.4, 0.5) is 0 Å². The Kier molecular flexibility index (Phi) is 7.32. The highest BCUT2D eigenvalue weighted by Gasteiger charge is 2.05. The van der Waals surface area contributed by atoms with Gasteiger partial charge in [0.05, 0.1) is 12.0 Å². The number of fused-ring (bicyclic) bond motifs is 1. The van der Waals surface area contributed by atoms with Crippen molar-refractivity contribution in [2.24, 2.45) is 5.10 Å². The maximum Gasteiger partial charge on any atom is 0.250 e. The van der Waals surface area contributed by atoms with Crippen LogP contribution >= 0.6 is 11.8 Å². The largest absolute Gasteiger partial charge is 0.489 e. The number of ether oxygens (including phenoxy) is 1. The van der Waals surface area contributed by atoms with E-state index in [9.17, 15) is 4.79 Å². The average molecular weight is 457 g/mol. The van der Waals surface area contributed by atoms with Gasteiger partial charge in [-0.2, -0.15) is 5.10 Å². The van der Waals surface area contributed by atoms with Crippen LogP contribution in [0.15, 0.2) is 83.1 Å². The van der Waals surface area contributed by atoms with E-state index in [0.29, 0.717) is 11.8 Å². The van der Waals surface area contributed by atoms with E-state index in [1.54, 1.807) is 6.21 Å². The fourth-order valence-corrected chi connectivity index (χ4v) is 4.07. The number of thioether (sulfide) groups is 1. The topological polar surface area (TPSA) is 76.5 Å². The highest BCUT2D eigenvalue weighted by molar-refractivity contribution is 7.99. The second kappa shape index (κ2) is 10.7. The van der Waals surface area contributed by atoms with Crippen LogP contribution in [0, 0.1) is 13.8 Å². The van der Waals surface area contributed by atoms with Crippen molar-refractivity contribution in [1.29, 1.82) is 0 Å². The molecule has 1 heterocycles. The molecule has 0 saturated heterocycles. The standard InChI is InChI=1S/C26H24N4O2S/c1-18-14-19(2)29-26(28-18)33-17-25(31)30-27-15-20-10-12-23(13-11-20)32-16-22-8-5-7-21-6-3-4-9-24(21)22/h3-15H,16-17H2,1-2H3,(H,30,31)/b27-15-. The van der Waals surface area contributed by atoms with Crippen molar-refractivity contribution < 1.29 is 9.53 Å². The number of aromatic nitrogens is 2. The molecule has 0 bridgehead atoms. The van der Waals surface area contributed by atoms with E-state index in [1.165, 1.54) is 22.5 Å². The molecule has 3 aromatic carbocycles. The third kappa shape index (κ3) is 6.40. The lowest BCUT2D eigenvalue weighted by Crippen LogP contribution is -2.19. The number of nitrogens with one attached hydrogen (secondary N) is 1.